The molecule has 0 spiro atoms. The van der Waals surface area contributed by atoms with Crippen molar-refractivity contribution in [2.45, 2.75) is 20.0 Å². The summed E-state index contributed by atoms with van der Waals surface area (Å²) in [5.74, 6) is 0.0199. The van der Waals surface area contributed by atoms with Crippen LogP contribution in [0, 0.1) is 0 Å². The highest BCUT2D eigenvalue weighted by atomic mass is 19.3. The number of methoxy groups -OCH3 is 1. The van der Waals surface area contributed by atoms with E-state index in [2.05, 4.69) is 10.1 Å². The Bertz CT molecular complexity index is 455. The first kappa shape index (κ1) is 17.2. The summed E-state index contributed by atoms with van der Waals surface area (Å²) < 4.78 is 38.7. The summed E-state index contributed by atoms with van der Waals surface area (Å²) in [6.07, 6.45) is 0.545. The monoisotopic (exact) mass is 303 g/mol. The SMILES string of the molecule is CCOCC(=O)NCCc1ccc(OC(F)F)c(OC)c1. The smallest absolute Gasteiger partial charge is 0.387 e. The van der Waals surface area contributed by atoms with Crippen molar-refractivity contribution in [1.82, 2.24) is 5.32 Å². The van der Waals surface area contributed by atoms with Gasteiger partial charge in [-0.25, -0.2) is 0 Å². The average Bonchev–Trinajstić information content (AvgIpc) is 2.46. The Labute approximate surface area is 122 Å². The highest BCUT2D eigenvalue weighted by Gasteiger charge is 2.11. The van der Waals surface area contributed by atoms with Crippen LogP contribution in [-0.2, 0) is 16.0 Å². The van der Waals surface area contributed by atoms with E-state index in [0.717, 1.165) is 5.56 Å². The van der Waals surface area contributed by atoms with Crippen molar-refractivity contribution in [2.24, 2.45) is 0 Å². The number of amides is 1. The standard InChI is InChI=1S/C14H19F2NO4/c1-3-20-9-13(18)17-7-6-10-4-5-11(21-14(15)16)12(8-10)19-2/h4-5,8,14H,3,6-7,9H2,1-2H3,(H,17,18). The Morgan fingerprint density at radius 1 is 1.33 bits per heavy atom. The normalized spacial score (nSPS) is 10.5. The van der Waals surface area contributed by atoms with E-state index in [1.807, 2.05) is 6.92 Å². The molecule has 5 nitrogen and oxygen atoms in total. The van der Waals surface area contributed by atoms with Gasteiger partial charge in [0.15, 0.2) is 11.5 Å². The molecule has 0 heterocycles. The Morgan fingerprint density at radius 3 is 2.71 bits per heavy atom. The van der Waals surface area contributed by atoms with Gasteiger partial charge < -0.3 is 19.5 Å². The maximum atomic E-state index is 12.2. The van der Waals surface area contributed by atoms with Gasteiger partial charge in [-0.05, 0) is 31.0 Å². The molecule has 0 bridgehead atoms. The first-order valence-corrected chi connectivity index (χ1v) is 6.53. The van der Waals surface area contributed by atoms with Gasteiger partial charge in [0.05, 0.1) is 7.11 Å². The second kappa shape index (κ2) is 9.12. The van der Waals surface area contributed by atoms with Crippen LogP contribution in [0.3, 0.4) is 0 Å². The molecule has 0 aliphatic heterocycles. The lowest BCUT2D eigenvalue weighted by Crippen LogP contribution is -2.29. The summed E-state index contributed by atoms with van der Waals surface area (Å²) in [6, 6.07) is 4.67. The molecule has 0 saturated heterocycles. The highest BCUT2D eigenvalue weighted by molar-refractivity contribution is 5.77. The van der Waals surface area contributed by atoms with E-state index >= 15 is 0 Å². The van der Waals surface area contributed by atoms with Crippen molar-refractivity contribution < 1.29 is 27.8 Å². The number of nitrogens with one attached hydrogen (secondary N) is 1. The molecular formula is C14H19F2NO4. The van der Waals surface area contributed by atoms with Gasteiger partial charge in [0.25, 0.3) is 0 Å². The van der Waals surface area contributed by atoms with Crippen LogP contribution in [0.4, 0.5) is 8.78 Å². The molecule has 1 aromatic carbocycles. The van der Waals surface area contributed by atoms with E-state index < -0.39 is 6.61 Å². The van der Waals surface area contributed by atoms with Crippen molar-refractivity contribution in [2.75, 3.05) is 26.9 Å². The lowest BCUT2D eigenvalue weighted by molar-refractivity contribution is -0.125. The van der Waals surface area contributed by atoms with E-state index in [0.29, 0.717) is 19.6 Å². The first-order valence-electron chi connectivity index (χ1n) is 6.53. The minimum absolute atomic E-state index is 0.0170. The fraction of sp³-hybridized carbons (Fsp3) is 0.500. The fourth-order valence-electron chi connectivity index (χ4n) is 1.65. The molecule has 0 aliphatic carbocycles. The van der Waals surface area contributed by atoms with Gasteiger partial charge in [-0.15, -0.1) is 0 Å². The Morgan fingerprint density at radius 2 is 2.10 bits per heavy atom. The molecule has 0 radical (unpaired) electrons. The van der Waals surface area contributed by atoms with Gasteiger partial charge in [0, 0.05) is 13.2 Å². The third kappa shape index (κ3) is 6.40. The van der Waals surface area contributed by atoms with Crippen LogP contribution in [0.15, 0.2) is 18.2 Å². The fourth-order valence-corrected chi connectivity index (χ4v) is 1.65. The molecule has 1 rings (SSSR count). The molecule has 1 aromatic rings. The second-order valence-corrected chi connectivity index (χ2v) is 4.10. The Kier molecular flexibility index (Phi) is 7.45. The zero-order valence-corrected chi connectivity index (χ0v) is 12.0. The van der Waals surface area contributed by atoms with Crippen molar-refractivity contribution in [1.29, 1.82) is 0 Å². The van der Waals surface area contributed by atoms with E-state index in [9.17, 15) is 13.6 Å². The molecule has 118 valence electrons. The van der Waals surface area contributed by atoms with Gasteiger partial charge in [-0.2, -0.15) is 8.78 Å². The zero-order valence-electron chi connectivity index (χ0n) is 12.0. The number of carbonyl (C=O) groups excluding carboxylic acids is 1. The first-order chi connectivity index (χ1) is 10.1. The third-order valence-corrected chi connectivity index (χ3v) is 2.62. The van der Waals surface area contributed by atoms with E-state index in [1.165, 1.54) is 13.2 Å². The van der Waals surface area contributed by atoms with Crippen molar-refractivity contribution in [3.05, 3.63) is 23.8 Å². The van der Waals surface area contributed by atoms with Crippen LogP contribution in [0.1, 0.15) is 12.5 Å². The maximum Gasteiger partial charge on any atom is 0.387 e. The highest BCUT2D eigenvalue weighted by Crippen LogP contribution is 2.29. The molecular weight excluding hydrogens is 284 g/mol. The molecule has 0 unspecified atom stereocenters. The van der Waals surface area contributed by atoms with Crippen LogP contribution in [0.5, 0.6) is 11.5 Å². The molecule has 0 aliphatic rings. The lowest BCUT2D eigenvalue weighted by Gasteiger charge is -2.11. The topological polar surface area (TPSA) is 56.8 Å². The van der Waals surface area contributed by atoms with E-state index in [4.69, 9.17) is 9.47 Å². The molecule has 0 fully saturated rings. The Hall–Kier alpha value is -1.89. The number of carbonyl (C=O) groups is 1. The minimum Gasteiger partial charge on any atom is -0.493 e. The van der Waals surface area contributed by atoms with Gasteiger partial charge in [-0.3, -0.25) is 4.79 Å². The number of hydrogen-bond donors (Lipinski definition) is 1. The molecule has 7 heteroatoms. The van der Waals surface area contributed by atoms with Crippen LogP contribution in [0.25, 0.3) is 0 Å². The predicted octanol–water partition coefficient (Wildman–Crippen LogP) is 1.99. The Balaban J connectivity index is 2.50. The van der Waals surface area contributed by atoms with Crippen LogP contribution in [-0.4, -0.2) is 39.4 Å². The second-order valence-electron chi connectivity index (χ2n) is 4.10. The minimum atomic E-state index is -2.90. The van der Waals surface area contributed by atoms with Gasteiger partial charge in [-0.1, -0.05) is 6.07 Å². The number of halogens is 2. The number of rotatable bonds is 9. The molecule has 0 atom stereocenters. The van der Waals surface area contributed by atoms with Gasteiger partial charge in [0.2, 0.25) is 5.91 Å². The lowest BCUT2D eigenvalue weighted by atomic mass is 10.1. The molecule has 0 aromatic heterocycles. The molecule has 21 heavy (non-hydrogen) atoms. The summed E-state index contributed by atoms with van der Waals surface area (Å²) in [4.78, 5) is 11.3. The van der Waals surface area contributed by atoms with Crippen molar-refractivity contribution in [3.8, 4) is 11.5 Å². The van der Waals surface area contributed by atoms with Crippen LogP contribution >= 0.6 is 0 Å². The largest absolute Gasteiger partial charge is 0.493 e. The summed E-state index contributed by atoms with van der Waals surface area (Å²) >= 11 is 0. The predicted molar refractivity (Wildman–Crippen MR) is 72.8 cm³/mol. The van der Waals surface area contributed by atoms with E-state index in [1.54, 1.807) is 12.1 Å². The maximum absolute atomic E-state index is 12.2. The zero-order chi connectivity index (χ0) is 15.7. The third-order valence-electron chi connectivity index (χ3n) is 2.62. The number of benzene rings is 1. The number of alkyl halides is 2. The quantitative estimate of drug-likeness (QED) is 0.758. The summed E-state index contributed by atoms with van der Waals surface area (Å²) in [7, 11) is 1.38. The average molecular weight is 303 g/mol. The van der Waals surface area contributed by atoms with Gasteiger partial charge >= 0.3 is 6.61 Å². The summed E-state index contributed by atoms with van der Waals surface area (Å²) in [5.41, 5.74) is 0.838. The van der Waals surface area contributed by atoms with Crippen molar-refractivity contribution in [3.63, 3.8) is 0 Å². The van der Waals surface area contributed by atoms with Gasteiger partial charge in [0.1, 0.15) is 6.61 Å². The molecule has 1 N–H and O–H groups in total. The summed E-state index contributed by atoms with van der Waals surface area (Å²) in [6.45, 7) is -0.160. The van der Waals surface area contributed by atoms with Crippen molar-refractivity contribution >= 4 is 5.91 Å². The van der Waals surface area contributed by atoms with Crippen LogP contribution < -0.4 is 14.8 Å². The number of ether oxygens (including phenoxy) is 3. The number of hydrogen-bond acceptors (Lipinski definition) is 4. The molecule has 1 amide bonds. The molecule has 0 saturated carbocycles. The summed E-state index contributed by atoms with van der Waals surface area (Å²) in [5, 5.41) is 2.69. The van der Waals surface area contributed by atoms with E-state index in [-0.39, 0.29) is 24.0 Å². The van der Waals surface area contributed by atoms with Crippen LogP contribution in [0.2, 0.25) is 0 Å².